The summed E-state index contributed by atoms with van der Waals surface area (Å²) in [6.45, 7) is 3.26. The Kier molecular flexibility index (Phi) is 4.24. The summed E-state index contributed by atoms with van der Waals surface area (Å²) >= 11 is 0. The predicted octanol–water partition coefficient (Wildman–Crippen LogP) is 3.94. The van der Waals surface area contributed by atoms with Gasteiger partial charge in [0.05, 0.1) is 25.3 Å². The molecule has 2 heterocycles. The highest BCUT2D eigenvalue weighted by atomic mass is 16.5. The number of rotatable bonds is 4. The predicted molar refractivity (Wildman–Crippen MR) is 108 cm³/mol. The highest BCUT2D eigenvalue weighted by molar-refractivity contribution is 6.16. The van der Waals surface area contributed by atoms with Crippen molar-refractivity contribution in [3.8, 4) is 23.0 Å². The molecule has 0 radical (unpaired) electrons. The van der Waals surface area contributed by atoms with Gasteiger partial charge in [-0.1, -0.05) is 0 Å². The SMILES string of the molecule is COc1ccc(OC)c(/C=C2\Oc3c4c(cc(C)c3C2=O)OCN(C2CC2)C4)c1. The van der Waals surface area contributed by atoms with E-state index in [-0.39, 0.29) is 11.5 Å². The first kappa shape index (κ1) is 18.1. The number of benzene rings is 2. The maximum Gasteiger partial charge on any atom is 0.232 e. The van der Waals surface area contributed by atoms with E-state index in [2.05, 4.69) is 4.90 Å². The Hall–Kier alpha value is -2.99. The molecule has 2 aliphatic heterocycles. The number of ketones is 1. The number of aryl methyl sites for hydroxylation is 1. The van der Waals surface area contributed by atoms with Crippen LogP contribution >= 0.6 is 0 Å². The molecular formula is C23H23NO5. The van der Waals surface area contributed by atoms with E-state index in [4.69, 9.17) is 18.9 Å². The fraction of sp³-hybridized carbons (Fsp3) is 0.348. The number of carbonyl (C=O) groups is 1. The molecular weight excluding hydrogens is 370 g/mol. The number of hydrogen-bond donors (Lipinski definition) is 0. The van der Waals surface area contributed by atoms with E-state index in [1.165, 1.54) is 12.8 Å². The molecule has 2 aromatic carbocycles. The van der Waals surface area contributed by atoms with Crippen LogP contribution in [-0.4, -0.2) is 37.7 Å². The van der Waals surface area contributed by atoms with Crippen molar-refractivity contribution >= 4 is 11.9 Å². The van der Waals surface area contributed by atoms with Gasteiger partial charge in [-0.15, -0.1) is 0 Å². The molecule has 1 aliphatic carbocycles. The van der Waals surface area contributed by atoms with Gasteiger partial charge in [0.2, 0.25) is 5.78 Å². The molecule has 0 unspecified atom stereocenters. The molecule has 6 nitrogen and oxygen atoms in total. The molecule has 1 saturated carbocycles. The van der Waals surface area contributed by atoms with E-state index < -0.39 is 0 Å². The van der Waals surface area contributed by atoms with Gasteiger partial charge in [0.1, 0.15) is 29.7 Å². The number of fused-ring (bicyclic) bond motifs is 3. The first-order valence-electron chi connectivity index (χ1n) is 9.78. The van der Waals surface area contributed by atoms with Gasteiger partial charge >= 0.3 is 0 Å². The summed E-state index contributed by atoms with van der Waals surface area (Å²) in [4.78, 5) is 15.5. The summed E-state index contributed by atoms with van der Waals surface area (Å²) in [5.41, 5.74) is 3.17. The second-order valence-electron chi connectivity index (χ2n) is 7.67. The van der Waals surface area contributed by atoms with E-state index in [9.17, 15) is 4.79 Å². The van der Waals surface area contributed by atoms with Crippen LogP contribution in [-0.2, 0) is 6.54 Å². The Balaban J connectivity index is 1.55. The van der Waals surface area contributed by atoms with E-state index >= 15 is 0 Å². The second kappa shape index (κ2) is 6.81. The summed E-state index contributed by atoms with van der Waals surface area (Å²) < 4.78 is 22.9. The third-order valence-electron chi connectivity index (χ3n) is 5.74. The zero-order valence-electron chi connectivity index (χ0n) is 16.8. The fourth-order valence-electron chi connectivity index (χ4n) is 4.01. The third-order valence-corrected chi connectivity index (χ3v) is 5.74. The first-order valence-corrected chi connectivity index (χ1v) is 9.78. The average Bonchev–Trinajstić information content (AvgIpc) is 3.53. The fourth-order valence-corrected chi connectivity index (χ4v) is 4.01. The van der Waals surface area contributed by atoms with Crippen LogP contribution in [0.4, 0.5) is 0 Å². The van der Waals surface area contributed by atoms with Gasteiger partial charge in [-0.25, -0.2) is 0 Å². The minimum atomic E-state index is -0.117. The van der Waals surface area contributed by atoms with Gasteiger partial charge in [0, 0.05) is 18.2 Å². The van der Waals surface area contributed by atoms with Crippen molar-refractivity contribution in [3.63, 3.8) is 0 Å². The van der Waals surface area contributed by atoms with Crippen LogP contribution in [0.1, 0.15) is 39.9 Å². The molecule has 0 bridgehead atoms. The molecule has 0 aromatic heterocycles. The maximum absolute atomic E-state index is 13.2. The van der Waals surface area contributed by atoms with Crippen LogP contribution in [0, 0.1) is 6.92 Å². The molecule has 0 N–H and O–H groups in total. The molecule has 3 aliphatic rings. The minimum absolute atomic E-state index is 0.117. The van der Waals surface area contributed by atoms with E-state index in [1.807, 2.05) is 31.2 Å². The maximum atomic E-state index is 13.2. The third kappa shape index (κ3) is 3.04. The van der Waals surface area contributed by atoms with Gasteiger partial charge in [0.15, 0.2) is 5.76 Å². The van der Waals surface area contributed by atoms with Crippen molar-refractivity contribution in [1.29, 1.82) is 0 Å². The Labute approximate surface area is 169 Å². The molecule has 1 fully saturated rings. The number of methoxy groups -OCH3 is 2. The van der Waals surface area contributed by atoms with Crippen LogP contribution in [0.2, 0.25) is 0 Å². The summed E-state index contributed by atoms with van der Waals surface area (Å²) in [5.74, 6) is 2.94. The lowest BCUT2D eigenvalue weighted by Gasteiger charge is -2.30. The monoisotopic (exact) mass is 393 g/mol. The Bertz CT molecular complexity index is 1040. The molecule has 150 valence electrons. The number of hydrogen-bond acceptors (Lipinski definition) is 6. The molecule has 5 rings (SSSR count). The molecule has 0 atom stereocenters. The van der Waals surface area contributed by atoms with E-state index in [1.54, 1.807) is 20.3 Å². The lowest BCUT2D eigenvalue weighted by molar-refractivity contribution is 0.0867. The van der Waals surface area contributed by atoms with Crippen molar-refractivity contribution in [1.82, 2.24) is 4.90 Å². The van der Waals surface area contributed by atoms with Crippen LogP contribution in [0.15, 0.2) is 30.0 Å². The number of Topliss-reactive ketones (excluding diaryl/α,β-unsaturated/α-hetero) is 1. The summed E-state index contributed by atoms with van der Waals surface area (Å²) in [6, 6.07) is 7.98. The molecule has 6 heteroatoms. The quantitative estimate of drug-likeness (QED) is 0.734. The van der Waals surface area contributed by atoms with Crippen molar-refractivity contribution in [2.75, 3.05) is 21.0 Å². The molecule has 29 heavy (non-hydrogen) atoms. The second-order valence-corrected chi connectivity index (χ2v) is 7.67. The Morgan fingerprint density at radius 3 is 2.72 bits per heavy atom. The van der Waals surface area contributed by atoms with Crippen LogP contribution in [0.3, 0.4) is 0 Å². The Morgan fingerprint density at radius 1 is 1.17 bits per heavy atom. The highest BCUT2D eigenvalue weighted by Gasteiger charge is 2.38. The summed E-state index contributed by atoms with van der Waals surface area (Å²) in [5, 5.41) is 0. The normalized spacial score (nSPS) is 19.4. The topological polar surface area (TPSA) is 57.2 Å². The van der Waals surface area contributed by atoms with Gasteiger partial charge in [-0.05, 0) is 55.7 Å². The van der Waals surface area contributed by atoms with Crippen molar-refractivity contribution in [2.45, 2.75) is 32.4 Å². The zero-order valence-corrected chi connectivity index (χ0v) is 16.8. The largest absolute Gasteiger partial charge is 0.497 e. The highest BCUT2D eigenvalue weighted by Crippen LogP contribution is 2.45. The van der Waals surface area contributed by atoms with Crippen LogP contribution in [0.25, 0.3) is 6.08 Å². The van der Waals surface area contributed by atoms with Gasteiger partial charge in [0.25, 0.3) is 0 Å². The molecule has 2 aromatic rings. The number of ether oxygens (including phenoxy) is 4. The van der Waals surface area contributed by atoms with E-state index in [0.717, 1.165) is 29.0 Å². The summed E-state index contributed by atoms with van der Waals surface area (Å²) in [7, 11) is 3.20. The summed E-state index contributed by atoms with van der Waals surface area (Å²) in [6.07, 6.45) is 4.12. The average molecular weight is 393 g/mol. The zero-order chi connectivity index (χ0) is 20.1. The number of carbonyl (C=O) groups excluding carboxylic acids is 1. The lowest BCUT2D eigenvalue weighted by Crippen LogP contribution is -2.34. The lowest BCUT2D eigenvalue weighted by atomic mass is 9.98. The standard InChI is InChI=1S/C23H23NO5/c1-13-8-19-17(11-24(12-28-19)15-4-5-15)23-21(13)22(25)20(29-23)10-14-9-16(26-2)6-7-18(14)27-3/h6-10,15H,4-5,11-12H2,1-3H3/b20-10-. The molecule has 0 spiro atoms. The number of nitrogens with zero attached hydrogens (tertiary/aromatic N) is 1. The van der Waals surface area contributed by atoms with Gasteiger partial charge in [-0.3, -0.25) is 9.69 Å². The van der Waals surface area contributed by atoms with Crippen molar-refractivity contribution < 1.29 is 23.7 Å². The van der Waals surface area contributed by atoms with Gasteiger partial charge < -0.3 is 18.9 Å². The van der Waals surface area contributed by atoms with Crippen molar-refractivity contribution in [2.24, 2.45) is 0 Å². The molecule has 0 saturated heterocycles. The van der Waals surface area contributed by atoms with Crippen LogP contribution < -0.4 is 18.9 Å². The van der Waals surface area contributed by atoms with Gasteiger partial charge in [-0.2, -0.15) is 0 Å². The first-order chi connectivity index (χ1) is 14.1. The Morgan fingerprint density at radius 2 is 2.00 bits per heavy atom. The van der Waals surface area contributed by atoms with Crippen LogP contribution in [0.5, 0.6) is 23.0 Å². The smallest absolute Gasteiger partial charge is 0.232 e. The van der Waals surface area contributed by atoms with E-state index in [0.29, 0.717) is 35.6 Å². The molecule has 0 amide bonds. The minimum Gasteiger partial charge on any atom is -0.497 e. The van der Waals surface area contributed by atoms with Crippen molar-refractivity contribution in [3.05, 3.63) is 52.3 Å². The number of allylic oxidation sites excluding steroid dienone is 1.